The Morgan fingerprint density at radius 2 is 2.00 bits per heavy atom. The number of piperazine rings is 1. The van der Waals surface area contributed by atoms with Crippen LogP contribution in [0, 0.1) is 5.82 Å². The molecule has 4 heterocycles. The number of anilines is 1. The first-order chi connectivity index (χ1) is 18.8. The van der Waals surface area contributed by atoms with Gasteiger partial charge in [0.1, 0.15) is 11.6 Å². The number of hydrogen-bond donors (Lipinski definition) is 1. The number of nitrogens with one attached hydrogen (secondary N) is 1. The molecule has 1 unspecified atom stereocenters. The van der Waals surface area contributed by atoms with Crippen molar-refractivity contribution < 1.29 is 9.18 Å². The molecule has 1 aliphatic rings. The van der Waals surface area contributed by atoms with E-state index in [-0.39, 0.29) is 28.2 Å². The monoisotopic (exact) mass is 549 g/mol. The fourth-order valence-corrected chi connectivity index (χ4v) is 5.39. The van der Waals surface area contributed by atoms with E-state index in [1.54, 1.807) is 29.2 Å². The summed E-state index contributed by atoms with van der Waals surface area (Å²) >= 11 is 6.73. The number of aromatic amines is 1. The molecule has 5 rings (SSSR count). The normalized spacial score (nSPS) is 15.7. The summed E-state index contributed by atoms with van der Waals surface area (Å²) in [6.07, 6.45) is 2.47. The second-order valence-corrected chi connectivity index (χ2v) is 9.87. The number of pyridine rings is 1. The number of aryl methyl sites for hydroxylation is 2. The maximum absolute atomic E-state index is 14.9. The predicted molar refractivity (Wildman–Crippen MR) is 150 cm³/mol. The number of halogens is 2. The van der Waals surface area contributed by atoms with Gasteiger partial charge in [-0.15, -0.1) is 0 Å². The van der Waals surface area contributed by atoms with Crippen molar-refractivity contribution in [2.45, 2.75) is 39.7 Å². The molecule has 1 saturated heterocycles. The van der Waals surface area contributed by atoms with E-state index >= 15 is 0 Å². The molecule has 1 N–H and O–H groups in total. The lowest BCUT2D eigenvalue weighted by Crippen LogP contribution is -2.54. The number of fused-ring (bicyclic) bond motifs is 1. The van der Waals surface area contributed by atoms with E-state index in [0.29, 0.717) is 60.7 Å². The summed E-state index contributed by atoms with van der Waals surface area (Å²) in [7, 11) is 0. The fourth-order valence-electron chi connectivity index (χ4n) is 5.14. The number of amides is 1. The van der Waals surface area contributed by atoms with Gasteiger partial charge in [-0.05, 0) is 44.0 Å². The third-order valence-electron chi connectivity index (χ3n) is 7.11. The van der Waals surface area contributed by atoms with E-state index < -0.39 is 11.5 Å². The SMILES string of the molecule is C=CC(=O)N1CCN(c2nc(=O)n(-c3c(CC)n[nH]c3CC)c3nc(-c4ccccc4F)c(Cl)cc23)C(C)C1. The summed E-state index contributed by atoms with van der Waals surface area (Å²) in [6, 6.07) is 7.79. The molecule has 3 aromatic heterocycles. The van der Waals surface area contributed by atoms with Crippen LogP contribution in [-0.4, -0.2) is 61.2 Å². The zero-order valence-electron chi connectivity index (χ0n) is 22.0. The van der Waals surface area contributed by atoms with E-state index in [9.17, 15) is 14.0 Å². The van der Waals surface area contributed by atoms with Gasteiger partial charge in [0.05, 0.1) is 33.2 Å². The molecule has 0 radical (unpaired) electrons. The van der Waals surface area contributed by atoms with Crippen LogP contribution in [0.5, 0.6) is 0 Å². The molecule has 202 valence electrons. The van der Waals surface area contributed by atoms with Crippen molar-refractivity contribution in [3.63, 3.8) is 0 Å². The van der Waals surface area contributed by atoms with Crippen molar-refractivity contribution in [2.24, 2.45) is 0 Å². The third kappa shape index (κ3) is 4.58. The van der Waals surface area contributed by atoms with Crippen LogP contribution in [0.1, 0.15) is 32.2 Å². The summed E-state index contributed by atoms with van der Waals surface area (Å²) in [5.41, 5.74) is 2.27. The standard InChI is InChI=1S/C28H29ClFN7O2/c1-5-21-25(22(6-2)34-33-21)37-27-18(14-19(29)24(31-27)17-10-8-9-11-20(17)30)26(32-28(37)39)36-13-12-35(15-16(36)4)23(38)7-3/h7-11,14,16H,3,5-6,12-13,15H2,1-2,4H3,(H,33,34). The fraction of sp³-hybridized carbons (Fsp3) is 0.321. The highest BCUT2D eigenvalue weighted by molar-refractivity contribution is 6.33. The van der Waals surface area contributed by atoms with Crippen molar-refractivity contribution >= 4 is 34.4 Å². The van der Waals surface area contributed by atoms with E-state index in [0.717, 1.165) is 5.69 Å². The van der Waals surface area contributed by atoms with Crippen molar-refractivity contribution in [1.82, 2.24) is 29.6 Å². The molecule has 1 aromatic carbocycles. The lowest BCUT2D eigenvalue weighted by molar-refractivity contribution is -0.126. The summed E-state index contributed by atoms with van der Waals surface area (Å²) in [6.45, 7) is 10.8. The minimum absolute atomic E-state index is 0.145. The van der Waals surface area contributed by atoms with Crippen LogP contribution in [0.15, 0.2) is 47.8 Å². The number of carbonyl (C=O) groups is 1. The summed E-state index contributed by atoms with van der Waals surface area (Å²) < 4.78 is 16.3. The largest absolute Gasteiger partial charge is 0.355 e. The van der Waals surface area contributed by atoms with Crippen LogP contribution in [0.2, 0.25) is 5.02 Å². The Balaban J connectivity index is 1.79. The molecule has 0 bridgehead atoms. The molecule has 0 aliphatic carbocycles. The molecule has 0 spiro atoms. The lowest BCUT2D eigenvalue weighted by atomic mass is 10.1. The Bertz CT molecular complexity index is 1630. The van der Waals surface area contributed by atoms with Gasteiger partial charge in [-0.25, -0.2) is 18.7 Å². The molecule has 0 saturated carbocycles. The quantitative estimate of drug-likeness (QED) is 0.360. The van der Waals surface area contributed by atoms with Gasteiger partial charge >= 0.3 is 5.69 Å². The number of aromatic nitrogens is 5. The van der Waals surface area contributed by atoms with E-state index in [1.807, 2.05) is 25.7 Å². The second kappa shape index (κ2) is 10.6. The first-order valence-electron chi connectivity index (χ1n) is 12.9. The molecule has 1 amide bonds. The number of hydrogen-bond acceptors (Lipinski definition) is 6. The van der Waals surface area contributed by atoms with Crippen LogP contribution in [0.4, 0.5) is 10.2 Å². The van der Waals surface area contributed by atoms with Gasteiger partial charge in [0.15, 0.2) is 5.65 Å². The molecule has 1 fully saturated rings. The Labute approximate surface area is 229 Å². The summed E-state index contributed by atoms with van der Waals surface area (Å²) in [5.74, 6) is -0.204. The van der Waals surface area contributed by atoms with Gasteiger partial charge < -0.3 is 9.80 Å². The van der Waals surface area contributed by atoms with Gasteiger partial charge in [0.2, 0.25) is 5.91 Å². The van der Waals surface area contributed by atoms with Crippen LogP contribution < -0.4 is 10.6 Å². The molecule has 4 aromatic rings. The molecule has 1 atom stereocenters. The average Bonchev–Trinajstić information content (AvgIpc) is 3.35. The summed E-state index contributed by atoms with van der Waals surface area (Å²) in [4.78, 5) is 39.1. The van der Waals surface area contributed by atoms with Crippen molar-refractivity contribution in [3.8, 4) is 16.9 Å². The first-order valence-corrected chi connectivity index (χ1v) is 13.3. The van der Waals surface area contributed by atoms with Crippen LogP contribution in [-0.2, 0) is 17.6 Å². The maximum atomic E-state index is 14.9. The predicted octanol–water partition coefficient (Wildman–Crippen LogP) is 4.31. The lowest BCUT2D eigenvalue weighted by Gasteiger charge is -2.40. The van der Waals surface area contributed by atoms with Gasteiger partial charge in [0, 0.05) is 31.2 Å². The number of carbonyl (C=O) groups excluding carboxylic acids is 1. The zero-order chi connectivity index (χ0) is 27.8. The molecule has 39 heavy (non-hydrogen) atoms. The Morgan fingerprint density at radius 1 is 1.23 bits per heavy atom. The highest BCUT2D eigenvalue weighted by Crippen LogP contribution is 2.35. The van der Waals surface area contributed by atoms with E-state index in [1.165, 1.54) is 16.7 Å². The molecular weight excluding hydrogens is 521 g/mol. The Kier molecular flexibility index (Phi) is 7.22. The summed E-state index contributed by atoms with van der Waals surface area (Å²) in [5, 5.41) is 8.22. The highest BCUT2D eigenvalue weighted by atomic mass is 35.5. The van der Waals surface area contributed by atoms with Crippen LogP contribution >= 0.6 is 11.6 Å². The molecule has 1 aliphatic heterocycles. The Hall–Kier alpha value is -4.05. The molecule has 11 heteroatoms. The Morgan fingerprint density at radius 3 is 2.67 bits per heavy atom. The zero-order valence-corrected chi connectivity index (χ0v) is 22.8. The third-order valence-corrected chi connectivity index (χ3v) is 7.40. The van der Waals surface area contributed by atoms with Gasteiger partial charge in [-0.1, -0.05) is 44.2 Å². The van der Waals surface area contributed by atoms with Crippen molar-refractivity contribution in [1.29, 1.82) is 0 Å². The van der Waals surface area contributed by atoms with E-state index in [2.05, 4.69) is 21.8 Å². The smallest absolute Gasteiger partial charge is 0.350 e. The van der Waals surface area contributed by atoms with Gasteiger partial charge in [-0.3, -0.25) is 9.89 Å². The van der Waals surface area contributed by atoms with Crippen molar-refractivity contribution in [2.75, 3.05) is 24.5 Å². The molecular formula is C28H29ClFN7O2. The number of rotatable bonds is 6. The van der Waals surface area contributed by atoms with E-state index in [4.69, 9.17) is 16.6 Å². The second-order valence-electron chi connectivity index (χ2n) is 9.46. The van der Waals surface area contributed by atoms with Gasteiger partial charge in [0.25, 0.3) is 0 Å². The minimum Gasteiger partial charge on any atom is -0.350 e. The number of nitrogens with zero attached hydrogens (tertiary/aromatic N) is 6. The first kappa shape index (κ1) is 26.6. The topological polar surface area (TPSA) is 100 Å². The highest BCUT2D eigenvalue weighted by Gasteiger charge is 2.30. The number of H-pyrrole nitrogens is 1. The number of benzene rings is 1. The minimum atomic E-state index is -0.533. The maximum Gasteiger partial charge on any atom is 0.355 e. The van der Waals surface area contributed by atoms with Crippen molar-refractivity contribution in [3.05, 3.63) is 75.7 Å². The molecule has 9 nitrogen and oxygen atoms in total. The van der Waals surface area contributed by atoms with Crippen LogP contribution in [0.25, 0.3) is 28.0 Å². The van der Waals surface area contributed by atoms with Crippen LogP contribution in [0.3, 0.4) is 0 Å². The average molecular weight is 550 g/mol. The van der Waals surface area contributed by atoms with Gasteiger partial charge in [-0.2, -0.15) is 10.1 Å².